The zero-order chi connectivity index (χ0) is 78.6. The highest BCUT2D eigenvalue weighted by atomic mass is 79.9. The molecule has 0 unspecified atom stereocenters. The number of oxime groups is 3. The lowest BCUT2D eigenvalue weighted by Gasteiger charge is -2.28. The monoisotopic (exact) mass is 1660 g/mol. The van der Waals surface area contributed by atoms with Gasteiger partial charge in [0.25, 0.3) is 0 Å². The van der Waals surface area contributed by atoms with E-state index in [0.29, 0.717) is 107 Å². The first-order chi connectivity index (χ1) is 52.1. The summed E-state index contributed by atoms with van der Waals surface area (Å²) in [5.41, 5.74) is 31.0. The molecule has 14 N–H and O–H groups in total. The first-order valence-electron chi connectivity index (χ1n) is 33.9. The number of aryl methyl sites for hydroxylation is 4. The highest BCUT2D eigenvalue weighted by Gasteiger charge is 2.42. The molecule has 8 aromatic rings. The molecule has 0 spiro atoms. The third kappa shape index (κ3) is 23.3. The van der Waals surface area contributed by atoms with E-state index in [2.05, 4.69) is 61.3 Å². The lowest BCUT2D eigenvalue weighted by molar-refractivity contribution is -0.174. The number of ketones is 4. The minimum Gasteiger partial charge on any atom is -0.536 e. The van der Waals surface area contributed by atoms with E-state index < -0.39 is 58.7 Å². The van der Waals surface area contributed by atoms with Crippen LogP contribution < -0.4 is 47.4 Å². The van der Waals surface area contributed by atoms with Crippen molar-refractivity contribution in [3.8, 4) is 23.0 Å². The molecule has 41 heteroatoms. The summed E-state index contributed by atoms with van der Waals surface area (Å²) in [4.78, 5) is 82.2. The highest BCUT2D eigenvalue weighted by molar-refractivity contribution is 9.09. The number of hydrazone groups is 1. The fraction of sp³-hybridized carbons (Fsp3) is 0.353. The normalized spacial score (nSPS) is 16.8. The largest absolute Gasteiger partial charge is 0.536 e. The predicted molar refractivity (Wildman–Crippen MR) is 422 cm³/mol. The number of nitrogens with two attached hydrogens (primary N) is 5. The molecule has 4 atom stereocenters. The molecule has 574 valence electrons. The number of aromatic nitrogens is 4. The van der Waals surface area contributed by atoms with E-state index >= 15 is 0 Å². The second kappa shape index (κ2) is 39.6. The topological polar surface area (TPSA) is 445 Å². The number of alkyl halides is 5. The molecule has 0 amide bonds. The Morgan fingerprint density at radius 1 is 0.495 bits per heavy atom. The van der Waals surface area contributed by atoms with E-state index in [9.17, 15) is 52.4 Å². The molecule has 4 aliphatic heterocycles. The van der Waals surface area contributed by atoms with Crippen LogP contribution in [0.3, 0.4) is 0 Å². The number of para-hydroxylation sites is 4. The van der Waals surface area contributed by atoms with Crippen molar-refractivity contribution in [3.63, 3.8) is 0 Å². The minimum atomic E-state index is -4.60. The van der Waals surface area contributed by atoms with Crippen molar-refractivity contribution in [2.24, 2.45) is 26.4 Å². The van der Waals surface area contributed by atoms with Gasteiger partial charge in [0.05, 0.1) is 0 Å². The van der Waals surface area contributed by atoms with E-state index in [1.54, 1.807) is 16.1 Å². The molecule has 12 rings (SSSR count). The summed E-state index contributed by atoms with van der Waals surface area (Å²) in [6.45, 7) is 6.64. The van der Waals surface area contributed by atoms with Crippen LogP contribution in [-0.2, 0) is 59.4 Å². The van der Waals surface area contributed by atoms with Crippen LogP contribution >= 0.6 is 72.9 Å². The van der Waals surface area contributed by atoms with Crippen molar-refractivity contribution in [2.75, 3.05) is 54.0 Å². The van der Waals surface area contributed by atoms with Crippen molar-refractivity contribution in [2.45, 2.75) is 121 Å². The molecule has 0 bridgehead atoms. The van der Waals surface area contributed by atoms with Crippen molar-refractivity contribution >= 4 is 168 Å². The van der Waals surface area contributed by atoms with Gasteiger partial charge in [0.1, 0.15) is 59.0 Å². The Morgan fingerprint density at radius 3 is 1.03 bits per heavy atom. The third-order valence-electron chi connectivity index (χ3n) is 17.1. The van der Waals surface area contributed by atoms with Crippen LogP contribution in [0.15, 0.2) is 115 Å². The number of fused-ring (bicyclic) bond motifs is 4. The number of hydrogen-bond acceptors (Lipinski definition) is 32. The average molecular weight is 1660 g/mol. The third-order valence-corrected chi connectivity index (χ3v) is 20.7. The number of nitrogen functional groups attached to an aromatic ring is 4. The van der Waals surface area contributed by atoms with Gasteiger partial charge in [0.15, 0.2) is 66.5 Å². The quantitative estimate of drug-likeness (QED) is 0.00608. The fourth-order valence-electron chi connectivity index (χ4n) is 11.8. The maximum absolute atomic E-state index is 12.9. The average Bonchev–Trinajstić information content (AvgIpc) is 1.71. The van der Waals surface area contributed by atoms with E-state index in [1.165, 1.54) is 39.4 Å². The predicted octanol–water partition coefficient (Wildman–Crippen LogP) is 9.72. The van der Waals surface area contributed by atoms with Gasteiger partial charge in [-0.05, 0) is 111 Å². The molecule has 8 heterocycles. The van der Waals surface area contributed by atoms with Gasteiger partial charge in [-0.15, -0.1) is 56.9 Å². The Kier molecular flexibility index (Phi) is 30.5. The van der Waals surface area contributed by atoms with E-state index in [4.69, 9.17) is 68.7 Å². The van der Waals surface area contributed by atoms with E-state index in [-0.39, 0.29) is 88.3 Å². The summed E-state index contributed by atoms with van der Waals surface area (Å²) in [6, 6.07) is 22.9. The molecule has 0 radical (unpaired) electrons. The van der Waals surface area contributed by atoms with Gasteiger partial charge >= 0.3 is 34.6 Å². The maximum Gasteiger partial charge on any atom is 0.526 e. The number of thiazole rings is 4. The number of rotatable bonds is 26. The number of carbonyl (C=O) groups is 4. The summed E-state index contributed by atoms with van der Waals surface area (Å²) < 4.78 is 59.5. The second-order valence-corrected chi connectivity index (χ2v) is 30.1. The first kappa shape index (κ1) is 84.0. The van der Waals surface area contributed by atoms with Crippen LogP contribution in [0.1, 0.15) is 106 Å². The number of halogens is 5. The number of nitrogens with zero attached hydrogens (tertiary/aromatic N) is 8. The zero-order valence-electron chi connectivity index (χ0n) is 59.2. The SMILES string of the molecule is Cc1cccc2c1OB(O)[C@@H](CC(=O)/C(=N\OCC(F)(F)F)c1csc(N)n1)C2.Cc1cccc2c1OB(O)[C@@H](CC(=O)/C(=N\OCCCBr)c1csc(N)n1)C2.Cc1cccc2c1OB(O)[C@@H](CC(=O)/C(=N\OCCCCl)c1csc(N)n1)C2.Cc1cccc2c1OB(O)[C@@H](CC(=O)C(=NN)c1csc(N)n1)C2. The molecular formula is C68H76B4BrClF3N13O15S4. The van der Waals surface area contributed by atoms with Gasteiger partial charge in [-0.25, -0.2) is 19.9 Å². The Morgan fingerprint density at radius 2 is 0.771 bits per heavy atom. The van der Waals surface area contributed by atoms with Gasteiger partial charge in [0, 0.05) is 81.7 Å². The Hall–Kier alpha value is -8.98. The molecule has 0 aliphatic carbocycles. The van der Waals surface area contributed by atoms with Crippen LogP contribution in [-0.4, -0.2) is 152 Å². The summed E-state index contributed by atoms with van der Waals surface area (Å²) in [5.74, 6) is 5.15. The number of benzene rings is 4. The van der Waals surface area contributed by atoms with Crippen LogP contribution in [0.4, 0.5) is 33.7 Å². The maximum atomic E-state index is 12.9. The summed E-state index contributed by atoms with van der Waals surface area (Å²) in [5, 5.41) is 64.5. The Labute approximate surface area is 655 Å². The van der Waals surface area contributed by atoms with E-state index in [1.807, 2.05) is 100 Å². The van der Waals surface area contributed by atoms with Crippen LogP contribution in [0.5, 0.6) is 23.0 Å². The second-order valence-electron chi connectivity index (χ2n) is 25.4. The first-order valence-corrected chi connectivity index (χ1v) is 39.1. The van der Waals surface area contributed by atoms with Crippen molar-refractivity contribution in [1.29, 1.82) is 0 Å². The highest BCUT2D eigenvalue weighted by Crippen LogP contribution is 2.41. The molecular weight excluding hydrogens is 1580 g/mol. The molecule has 109 heavy (non-hydrogen) atoms. The molecule has 4 aliphatic rings. The standard InChI is InChI=1S/C18H21BBrN3O4S.C18H21BClN3O4S.C17H17BF3N3O4S.C15H17BN4O3S/c2*1-11-4-2-5-12-8-13(19(25)27-17(11)12)9-15(24)16(23-26-7-3-6-20)14-10-28-18(21)22-14;1-9-3-2-4-10-5-11(18(26)28-15(9)10)6-13(25)14(12-7-29-16(22)23-12)24-27-8-17(19,20)21;1-8-3-2-4-9-5-10(16(22)23-14(8)9)6-12(21)13(20-18)11-7-24-15(17)19-11/h2*2,4-5,10,13,25H,3,6-9H2,1H3,(H2,21,22);2-4,7,11,26H,5-6,8H2,1H3,(H2,22,23);2-4,7,10,22H,5-6,18H2,1H3,(H2,17,19)/b2*23-16-;24-14-;/t2*13-;11-;10-/m1111/s1. The van der Waals surface area contributed by atoms with Crippen molar-refractivity contribution < 1.29 is 85.6 Å². The van der Waals surface area contributed by atoms with Crippen LogP contribution in [0.25, 0.3) is 0 Å². The van der Waals surface area contributed by atoms with E-state index in [0.717, 1.165) is 67.6 Å². The molecule has 0 saturated heterocycles. The smallest absolute Gasteiger partial charge is 0.526 e. The molecule has 28 nitrogen and oxygen atoms in total. The summed E-state index contributed by atoms with van der Waals surface area (Å²) >= 11 is 13.6. The minimum absolute atomic E-state index is 0.0159. The van der Waals surface area contributed by atoms with Gasteiger partial charge in [-0.1, -0.05) is 104 Å². The van der Waals surface area contributed by atoms with Crippen molar-refractivity contribution in [1.82, 2.24) is 19.9 Å². The molecule has 0 saturated carbocycles. The number of hydrogen-bond donors (Lipinski definition) is 9. The van der Waals surface area contributed by atoms with Crippen LogP contribution in [0, 0.1) is 27.7 Å². The Bertz CT molecular complexity index is 4500. The fourth-order valence-corrected chi connectivity index (χ4v) is 14.3. The number of carbonyl (C=O) groups excluding carboxylic acids is 4. The molecule has 0 fully saturated rings. The lowest BCUT2D eigenvalue weighted by atomic mass is 9.64. The number of Topliss-reactive ketones (excluding diaryl/α,β-unsaturated/α-hetero) is 4. The summed E-state index contributed by atoms with van der Waals surface area (Å²) in [6.07, 6.45) is -1.32. The van der Waals surface area contributed by atoms with Gasteiger partial charge in [-0.2, -0.15) is 18.3 Å². The number of anilines is 4. The van der Waals surface area contributed by atoms with Gasteiger partial charge in [0.2, 0.25) is 6.61 Å². The molecule has 4 aromatic carbocycles. The molecule has 4 aromatic heterocycles. The summed E-state index contributed by atoms with van der Waals surface area (Å²) in [7, 11) is -4.43. The van der Waals surface area contributed by atoms with Gasteiger partial charge < -0.3 is 82.0 Å². The Balaban J connectivity index is 0.000000168. The van der Waals surface area contributed by atoms with Crippen molar-refractivity contribution in [3.05, 3.63) is 162 Å². The van der Waals surface area contributed by atoms with Gasteiger partial charge in [-0.3, -0.25) is 19.2 Å². The van der Waals surface area contributed by atoms with Crippen LogP contribution in [0.2, 0.25) is 23.3 Å². The lowest BCUT2D eigenvalue weighted by Crippen LogP contribution is -2.36. The zero-order valence-corrected chi connectivity index (χ0v) is 64.8.